The van der Waals surface area contributed by atoms with Crippen molar-refractivity contribution in [3.8, 4) is 0 Å². The molecule has 2 aromatic carbocycles. The van der Waals surface area contributed by atoms with E-state index in [4.69, 9.17) is 4.79 Å². The minimum atomic E-state index is -2.53. The molecule has 0 atom stereocenters. The van der Waals surface area contributed by atoms with Crippen molar-refractivity contribution in [2.45, 2.75) is 51.5 Å². The molecular weight excluding hydrogens is 417 g/mol. The first-order chi connectivity index (χ1) is 15.2. The third-order valence-corrected chi connectivity index (χ3v) is 5.05. The minimum Gasteiger partial charge on any atom is -0.382 e. The molecule has 0 heterocycles. The van der Waals surface area contributed by atoms with Crippen molar-refractivity contribution in [2.75, 3.05) is 10.6 Å². The fourth-order valence-electron chi connectivity index (χ4n) is 3.57. The third kappa shape index (κ3) is 7.14. The highest BCUT2D eigenvalue weighted by atomic mass is 19.3. The standard InChI is InChI=1S/C23H26F3N3.CH3NO/c1-4-27-21-14-15(2)13-20(24)22(21)16(3)28-17-5-7-18(8-6-17)29-19-9-11-23(25,26)12-10-19;2-1-3/h4-8,13-14,19,28-29H,3,9-12H2,1-2H3;1H,(H2,2,3). The van der Waals surface area contributed by atoms with Crippen LogP contribution in [0.15, 0.2) is 48.0 Å². The van der Waals surface area contributed by atoms with Gasteiger partial charge >= 0.3 is 0 Å². The van der Waals surface area contributed by atoms with Gasteiger partial charge in [0.25, 0.3) is 0 Å². The molecule has 0 unspecified atom stereocenters. The summed E-state index contributed by atoms with van der Waals surface area (Å²) >= 11 is 0. The number of halogens is 3. The Hall–Kier alpha value is -3.29. The average Bonchev–Trinajstić information content (AvgIpc) is 2.71. The summed E-state index contributed by atoms with van der Waals surface area (Å²) in [5, 5.41) is 6.43. The van der Waals surface area contributed by atoms with Crippen molar-refractivity contribution in [1.29, 1.82) is 0 Å². The number of aryl methyl sites for hydroxylation is 1. The highest BCUT2D eigenvalue weighted by molar-refractivity contribution is 5.83. The van der Waals surface area contributed by atoms with E-state index in [-0.39, 0.29) is 31.1 Å². The Kier molecular flexibility index (Phi) is 8.87. The Bertz CT molecular complexity index is 948. The molecule has 1 aliphatic rings. The monoisotopic (exact) mass is 446 g/mol. The normalized spacial score (nSPS) is 15.5. The molecule has 0 saturated heterocycles. The van der Waals surface area contributed by atoms with E-state index in [1.807, 2.05) is 37.3 Å². The molecule has 0 aromatic heterocycles. The number of carbonyl (C=O) groups is 1. The highest BCUT2D eigenvalue weighted by Gasteiger charge is 2.34. The average molecular weight is 447 g/mol. The van der Waals surface area contributed by atoms with E-state index in [0.29, 0.717) is 29.8 Å². The highest BCUT2D eigenvalue weighted by Crippen LogP contribution is 2.35. The first-order valence-corrected chi connectivity index (χ1v) is 10.3. The molecule has 0 bridgehead atoms. The van der Waals surface area contributed by atoms with E-state index in [1.165, 1.54) is 6.07 Å². The number of anilines is 2. The predicted octanol–water partition coefficient (Wildman–Crippen LogP) is 6.03. The smallest absolute Gasteiger partial charge is 0.248 e. The SMILES string of the molecule is C=C(Nc1ccc(NC2CCC(F)(F)CC2)cc1)c1c(F)cc(C)cc1N=CC.NC=O. The topological polar surface area (TPSA) is 79.5 Å². The molecule has 2 aromatic rings. The first-order valence-electron chi connectivity index (χ1n) is 10.3. The van der Waals surface area contributed by atoms with Crippen LogP contribution in [-0.4, -0.2) is 24.6 Å². The van der Waals surface area contributed by atoms with Gasteiger partial charge in [-0.2, -0.15) is 0 Å². The number of rotatable bonds is 6. The molecule has 1 fully saturated rings. The number of amides is 1. The zero-order chi connectivity index (χ0) is 23.7. The summed E-state index contributed by atoms with van der Waals surface area (Å²) in [6.45, 7) is 7.57. The van der Waals surface area contributed by atoms with Gasteiger partial charge < -0.3 is 16.4 Å². The number of hydrogen-bond donors (Lipinski definition) is 3. The molecule has 172 valence electrons. The maximum absolute atomic E-state index is 14.5. The van der Waals surface area contributed by atoms with Crippen LogP contribution in [0, 0.1) is 12.7 Å². The lowest BCUT2D eigenvalue weighted by Crippen LogP contribution is -2.31. The van der Waals surface area contributed by atoms with Crippen molar-refractivity contribution in [3.63, 3.8) is 0 Å². The second-order valence-corrected chi connectivity index (χ2v) is 7.62. The summed E-state index contributed by atoms with van der Waals surface area (Å²) in [6.07, 6.45) is 2.63. The Morgan fingerprint density at radius 1 is 1.19 bits per heavy atom. The number of primary amides is 1. The van der Waals surface area contributed by atoms with Gasteiger partial charge in [-0.05, 0) is 68.7 Å². The van der Waals surface area contributed by atoms with Crippen molar-refractivity contribution >= 4 is 35.4 Å². The van der Waals surface area contributed by atoms with E-state index in [1.54, 1.807) is 13.1 Å². The van der Waals surface area contributed by atoms with Gasteiger partial charge in [-0.3, -0.25) is 9.79 Å². The minimum absolute atomic E-state index is 0.0551. The van der Waals surface area contributed by atoms with Gasteiger partial charge in [-0.15, -0.1) is 0 Å². The number of alkyl halides is 2. The number of nitrogens with one attached hydrogen (secondary N) is 2. The van der Waals surface area contributed by atoms with Crippen LogP contribution >= 0.6 is 0 Å². The van der Waals surface area contributed by atoms with Gasteiger partial charge in [-0.25, -0.2) is 13.2 Å². The van der Waals surface area contributed by atoms with Crippen molar-refractivity contribution in [3.05, 3.63) is 59.9 Å². The Morgan fingerprint density at radius 2 is 1.75 bits per heavy atom. The number of hydrogen-bond acceptors (Lipinski definition) is 4. The van der Waals surface area contributed by atoms with E-state index in [2.05, 4.69) is 27.9 Å². The van der Waals surface area contributed by atoms with Gasteiger partial charge in [0.2, 0.25) is 12.3 Å². The van der Waals surface area contributed by atoms with Crippen LogP contribution in [0.3, 0.4) is 0 Å². The zero-order valence-corrected chi connectivity index (χ0v) is 18.3. The van der Waals surface area contributed by atoms with Gasteiger partial charge in [-0.1, -0.05) is 6.58 Å². The van der Waals surface area contributed by atoms with Crippen molar-refractivity contribution in [2.24, 2.45) is 10.7 Å². The molecule has 0 radical (unpaired) electrons. The van der Waals surface area contributed by atoms with Crippen LogP contribution < -0.4 is 16.4 Å². The first kappa shape index (κ1) is 25.0. The molecular formula is C24H29F3N4O. The van der Waals surface area contributed by atoms with Crippen LogP contribution in [0.4, 0.5) is 30.2 Å². The van der Waals surface area contributed by atoms with Crippen LogP contribution in [-0.2, 0) is 4.79 Å². The molecule has 3 rings (SSSR count). The fraction of sp³-hybridized carbons (Fsp3) is 0.333. The lowest BCUT2D eigenvalue weighted by atomic mass is 9.92. The second kappa shape index (κ2) is 11.4. The number of benzene rings is 2. The molecule has 5 nitrogen and oxygen atoms in total. The molecule has 0 aliphatic heterocycles. The zero-order valence-electron chi connectivity index (χ0n) is 18.3. The van der Waals surface area contributed by atoms with Crippen LogP contribution in [0.2, 0.25) is 0 Å². The number of nitrogens with zero attached hydrogens (tertiary/aromatic N) is 1. The Balaban J connectivity index is 0.00000114. The summed E-state index contributed by atoms with van der Waals surface area (Å²) in [6, 6.07) is 10.8. The van der Waals surface area contributed by atoms with Gasteiger partial charge in [0.15, 0.2) is 0 Å². The molecule has 8 heteroatoms. The van der Waals surface area contributed by atoms with E-state index in [9.17, 15) is 13.2 Å². The fourth-order valence-corrected chi connectivity index (χ4v) is 3.57. The summed E-state index contributed by atoms with van der Waals surface area (Å²) < 4.78 is 41.1. The van der Waals surface area contributed by atoms with E-state index < -0.39 is 5.92 Å². The summed E-state index contributed by atoms with van der Waals surface area (Å²) in [5.41, 5.74) is 7.85. The van der Waals surface area contributed by atoms with Gasteiger partial charge in [0.05, 0.1) is 11.3 Å². The number of carbonyl (C=O) groups excluding carboxylic acids is 1. The Labute approximate surface area is 186 Å². The maximum Gasteiger partial charge on any atom is 0.248 e. The van der Waals surface area contributed by atoms with E-state index in [0.717, 1.165) is 16.9 Å². The second-order valence-electron chi connectivity index (χ2n) is 7.62. The number of aliphatic imine (C=N–C) groups is 1. The summed E-state index contributed by atoms with van der Waals surface area (Å²) in [4.78, 5) is 12.8. The Morgan fingerprint density at radius 3 is 2.31 bits per heavy atom. The van der Waals surface area contributed by atoms with Gasteiger partial charge in [0, 0.05) is 42.2 Å². The van der Waals surface area contributed by atoms with Crippen LogP contribution in [0.25, 0.3) is 5.70 Å². The lowest BCUT2D eigenvalue weighted by molar-refractivity contribution is -0.106. The largest absolute Gasteiger partial charge is 0.382 e. The predicted molar refractivity (Wildman–Crippen MR) is 125 cm³/mol. The van der Waals surface area contributed by atoms with Crippen molar-refractivity contribution in [1.82, 2.24) is 0 Å². The molecule has 0 spiro atoms. The molecule has 1 aliphatic carbocycles. The van der Waals surface area contributed by atoms with Crippen molar-refractivity contribution < 1.29 is 18.0 Å². The third-order valence-electron chi connectivity index (χ3n) is 5.05. The quantitative estimate of drug-likeness (QED) is 0.374. The maximum atomic E-state index is 14.5. The lowest BCUT2D eigenvalue weighted by Gasteiger charge is -2.29. The van der Waals surface area contributed by atoms with Crippen LogP contribution in [0.1, 0.15) is 43.7 Å². The summed E-state index contributed by atoms with van der Waals surface area (Å²) in [5.74, 6) is -2.91. The molecule has 1 saturated carbocycles. The van der Waals surface area contributed by atoms with E-state index >= 15 is 0 Å². The number of nitrogens with two attached hydrogens (primary N) is 1. The molecule has 4 N–H and O–H groups in total. The van der Waals surface area contributed by atoms with Gasteiger partial charge in [0.1, 0.15) is 5.82 Å². The van der Waals surface area contributed by atoms with Crippen LogP contribution in [0.5, 0.6) is 0 Å². The molecule has 32 heavy (non-hydrogen) atoms. The summed E-state index contributed by atoms with van der Waals surface area (Å²) in [7, 11) is 0. The molecule has 1 amide bonds.